The number of terminal acetylenes is 1. The van der Waals surface area contributed by atoms with Crippen LogP contribution < -0.4 is 10.6 Å². The summed E-state index contributed by atoms with van der Waals surface area (Å²) in [5.74, 6) is 1.74. The van der Waals surface area contributed by atoms with Crippen LogP contribution in [0.1, 0.15) is 47.5 Å². The molecule has 2 amide bonds. The van der Waals surface area contributed by atoms with Gasteiger partial charge in [0.1, 0.15) is 23.6 Å². The number of aliphatic hydroxyl groups is 2. The van der Waals surface area contributed by atoms with Crippen molar-refractivity contribution in [2.24, 2.45) is 4.99 Å². The number of likely N-dealkylation sites (N-methyl/N-ethyl adjacent to an activating group) is 1. The van der Waals surface area contributed by atoms with Gasteiger partial charge in [0.15, 0.2) is 0 Å². The molecule has 41 heavy (non-hydrogen) atoms. The Morgan fingerprint density at radius 3 is 2.44 bits per heavy atom. The fourth-order valence-corrected chi connectivity index (χ4v) is 2.55. The molecule has 10 nitrogen and oxygen atoms in total. The number of hydrogen-bond acceptors (Lipinski definition) is 8. The summed E-state index contributed by atoms with van der Waals surface area (Å²) < 4.78 is 23.3. The Bertz CT molecular complexity index is 959. The predicted molar refractivity (Wildman–Crippen MR) is 164 cm³/mol. The molecule has 0 saturated heterocycles. The molecule has 0 spiro atoms. The van der Waals surface area contributed by atoms with Gasteiger partial charge in [-0.05, 0) is 39.8 Å². The van der Waals surface area contributed by atoms with Crippen molar-refractivity contribution in [2.45, 2.75) is 47.5 Å². The third-order valence-electron chi connectivity index (χ3n) is 4.68. The summed E-state index contributed by atoms with van der Waals surface area (Å²) in [5, 5.41) is 24.6. The molecular weight excluding hydrogens is 531 g/mol. The zero-order chi connectivity index (χ0) is 32.1. The van der Waals surface area contributed by atoms with Crippen molar-refractivity contribution in [2.75, 3.05) is 54.1 Å². The summed E-state index contributed by atoms with van der Waals surface area (Å²) in [6.07, 6.45) is 14.6. The number of hydrogen-bond donors (Lipinski definition) is 4. The summed E-state index contributed by atoms with van der Waals surface area (Å²) in [6, 6.07) is 0. The lowest BCUT2D eigenvalue weighted by molar-refractivity contribution is -0.125. The van der Waals surface area contributed by atoms with Crippen LogP contribution in [0.2, 0.25) is 0 Å². The molecule has 2 rings (SSSR count). The molecule has 0 unspecified atom stereocenters. The minimum atomic E-state index is -0.571. The lowest BCUT2D eigenvalue weighted by atomic mass is 10.1. The lowest BCUT2D eigenvalue weighted by Gasteiger charge is -2.26. The lowest BCUT2D eigenvalue weighted by Crippen LogP contribution is -2.34. The van der Waals surface area contributed by atoms with E-state index in [2.05, 4.69) is 28.0 Å². The Kier molecular flexibility index (Phi) is 29.8. The molecule has 2 bridgehead atoms. The highest BCUT2D eigenvalue weighted by Gasteiger charge is 2.25. The first-order chi connectivity index (χ1) is 19.7. The second-order valence-corrected chi connectivity index (χ2v) is 7.64. The molecular formula is C30H49FN4O6. The molecule has 0 aromatic heterocycles. The van der Waals surface area contributed by atoms with Crippen LogP contribution in [-0.4, -0.2) is 87.2 Å². The Morgan fingerprint density at radius 1 is 1.37 bits per heavy atom. The van der Waals surface area contributed by atoms with Gasteiger partial charge in [0.2, 0.25) is 5.91 Å². The number of amides is 2. The van der Waals surface area contributed by atoms with Crippen LogP contribution in [0.4, 0.5) is 4.39 Å². The molecule has 0 fully saturated rings. The van der Waals surface area contributed by atoms with E-state index >= 15 is 0 Å². The largest absolute Gasteiger partial charge is 0.510 e. The molecule has 4 N–H and O–H groups in total. The van der Waals surface area contributed by atoms with Crippen molar-refractivity contribution in [3.63, 3.8) is 0 Å². The number of aliphatic imine (C=N–C) groups is 1. The highest BCUT2D eigenvalue weighted by atomic mass is 19.1. The van der Waals surface area contributed by atoms with Crippen LogP contribution >= 0.6 is 0 Å². The Balaban J connectivity index is -0.000000744. The molecule has 2 heterocycles. The second-order valence-electron chi connectivity index (χ2n) is 7.64. The summed E-state index contributed by atoms with van der Waals surface area (Å²) in [7, 11) is 5.19. The number of aliphatic hydroxyl groups excluding tert-OH is 2. The first-order valence-corrected chi connectivity index (χ1v) is 13.2. The van der Waals surface area contributed by atoms with Gasteiger partial charge in [0.25, 0.3) is 5.91 Å². The number of nitrogens with one attached hydrogen (secondary N) is 2. The number of carbonyl (C=O) groups is 2. The Labute approximate surface area is 245 Å². The summed E-state index contributed by atoms with van der Waals surface area (Å²) in [6.45, 7) is 9.97. The van der Waals surface area contributed by atoms with Gasteiger partial charge >= 0.3 is 0 Å². The van der Waals surface area contributed by atoms with Crippen LogP contribution in [0.5, 0.6) is 0 Å². The summed E-state index contributed by atoms with van der Waals surface area (Å²) >= 11 is 0. The summed E-state index contributed by atoms with van der Waals surface area (Å²) in [4.78, 5) is 27.6. The van der Waals surface area contributed by atoms with Crippen LogP contribution in [0, 0.1) is 12.3 Å². The molecule has 0 saturated carbocycles. The smallest absolute Gasteiger partial charge is 0.260 e. The molecule has 2 aliphatic rings. The van der Waals surface area contributed by atoms with Gasteiger partial charge in [-0.15, -0.1) is 12.3 Å². The van der Waals surface area contributed by atoms with Gasteiger partial charge in [-0.1, -0.05) is 26.0 Å². The predicted octanol–water partition coefficient (Wildman–Crippen LogP) is 3.94. The van der Waals surface area contributed by atoms with Crippen molar-refractivity contribution >= 4 is 18.0 Å². The number of rotatable bonds is 8. The van der Waals surface area contributed by atoms with Crippen LogP contribution in [-0.2, 0) is 19.1 Å². The Morgan fingerprint density at radius 2 is 1.98 bits per heavy atom. The van der Waals surface area contributed by atoms with Gasteiger partial charge in [-0.3, -0.25) is 14.6 Å². The SMILES string of the molecule is C#CC.C/C=C(F)\C=C/CC/C1=C2/CN(C=CO2)C(=O)/C(CO)=C(/O)CN=C1.CC.CNC(C)=O.CNCCOC. The minimum Gasteiger partial charge on any atom is -0.510 e. The van der Waals surface area contributed by atoms with Crippen molar-refractivity contribution < 1.29 is 33.7 Å². The van der Waals surface area contributed by atoms with E-state index < -0.39 is 12.5 Å². The van der Waals surface area contributed by atoms with E-state index in [0.717, 1.165) is 18.7 Å². The molecule has 0 aromatic rings. The van der Waals surface area contributed by atoms with E-state index in [4.69, 9.17) is 9.47 Å². The fourth-order valence-electron chi connectivity index (χ4n) is 2.55. The van der Waals surface area contributed by atoms with E-state index in [1.54, 1.807) is 40.3 Å². The average molecular weight is 581 g/mol. The van der Waals surface area contributed by atoms with E-state index in [9.17, 15) is 24.2 Å². The van der Waals surface area contributed by atoms with Crippen molar-refractivity contribution in [3.8, 4) is 12.3 Å². The monoisotopic (exact) mass is 580 g/mol. The molecule has 0 aromatic carbocycles. The number of allylic oxidation sites excluding steroid dienone is 5. The van der Waals surface area contributed by atoms with Gasteiger partial charge < -0.3 is 35.2 Å². The molecule has 0 atom stereocenters. The van der Waals surface area contributed by atoms with Gasteiger partial charge in [-0.2, -0.15) is 0 Å². The topological polar surface area (TPSA) is 133 Å². The van der Waals surface area contributed by atoms with Gasteiger partial charge in [0, 0.05) is 45.6 Å². The van der Waals surface area contributed by atoms with Crippen LogP contribution in [0.25, 0.3) is 0 Å². The Hall–Kier alpha value is -3.72. The van der Waals surface area contributed by atoms with Crippen molar-refractivity contribution in [3.05, 3.63) is 59.2 Å². The van der Waals surface area contributed by atoms with Crippen LogP contribution in [0.15, 0.2) is 64.2 Å². The zero-order valence-electron chi connectivity index (χ0n) is 25.8. The summed E-state index contributed by atoms with van der Waals surface area (Å²) in [5.41, 5.74) is 0.671. The van der Waals surface area contributed by atoms with E-state index in [1.165, 1.54) is 36.4 Å². The highest BCUT2D eigenvalue weighted by molar-refractivity contribution is 5.95. The van der Waals surface area contributed by atoms with Gasteiger partial charge in [-0.25, -0.2) is 4.39 Å². The number of nitrogens with zero attached hydrogens (tertiary/aromatic N) is 2. The third-order valence-corrected chi connectivity index (χ3v) is 4.68. The zero-order valence-corrected chi connectivity index (χ0v) is 25.8. The molecule has 2 aliphatic heterocycles. The quantitative estimate of drug-likeness (QED) is 0.194. The molecule has 232 valence electrons. The van der Waals surface area contributed by atoms with Crippen molar-refractivity contribution in [1.29, 1.82) is 0 Å². The standard InChI is InChI=1S/C18H21FN2O4.C4H11NO.C3H7NO.C3H4.C2H6/c1-2-14(19)6-4-3-5-13-9-20-10-16(23)15(12-22)18(24)21-7-8-25-17(13)11-21;1-5-3-4-6-2;1-3(5)4-2;1-3-2;1-2/h2,4,6-9,22-23H,3,5,10-12H2,1H3;5H,3-4H2,1-2H3;1-2H3,(H,4,5);1H,2H3;1-2H3/b6-4-,14-2+,16-15+,17-13+,20-9?;;;;. The average Bonchev–Trinajstić information content (AvgIpc) is 2.99. The van der Waals surface area contributed by atoms with Gasteiger partial charge in [0.05, 0.1) is 31.9 Å². The van der Waals surface area contributed by atoms with Crippen LogP contribution in [0.3, 0.4) is 0 Å². The van der Waals surface area contributed by atoms with E-state index in [1.807, 2.05) is 20.9 Å². The third kappa shape index (κ3) is 21.7. The number of methoxy groups -OCH3 is 1. The molecule has 11 heteroatoms. The van der Waals surface area contributed by atoms with Crippen molar-refractivity contribution in [1.82, 2.24) is 15.5 Å². The molecule has 0 radical (unpaired) electrons. The fraction of sp³-hybridized carbons (Fsp3) is 0.500. The maximum atomic E-state index is 13.1. The second kappa shape index (κ2) is 29.3. The minimum absolute atomic E-state index is 0.00463. The number of fused-ring (bicyclic) bond motifs is 2. The first-order valence-electron chi connectivity index (χ1n) is 13.2. The number of carbonyl (C=O) groups excluding carboxylic acids is 2. The number of halogens is 1. The normalized spacial score (nSPS) is 17.6. The number of ether oxygens (including phenoxy) is 2. The first kappa shape index (κ1) is 41.8. The maximum Gasteiger partial charge on any atom is 0.260 e. The highest BCUT2D eigenvalue weighted by Crippen LogP contribution is 2.21. The van der Waals surface area contributed by atoms with E-state index in [0.29, 0.717) is 18.6 Å². The molecule has 0 aliphatic carbocycles. The van der Waals surface area contributed by atoms with E-state index in [-0.39, 0.29) is 36.2 Å². The maximum absolute atomic E-state index is 13.1.